The largest absolute Gasteiger partial charge is 0.497 e. The molecule has 0 bridgehead atoms. The van der Waals surface area contributed by atoms with Crippen LogP contribution in [0.3, 0.4) is 0 Å². The molecular formula is C17H21N3O2S. The quantitative estimate of drug-likeness (QED) is 0.933. The molecule has 0 radical (unpaired) electrons. The Bertz CT molecular complexity index is 646. The van der Waals surface area contributed by atoms with Crippen LogP contribution in [0.15, 0.2) is 35.8 Å². The predicted molar refractivity (Wildman–Crippen MR) is 92.6 cm³/mol. The van der Waals surface area contributed by atoms with E-state index in [1.807, 2.05) is 23.7 Å². The van der Waals surface area contributed by atoms with Gasteiger partial charge in [-0.25, -0.2) is 4.98 Å². The number of methoxy groups -OCH3 is 1. The highest BCUT2D eigenvalue weighted by Crippen LogP contribution is 2.38. The first kappa shape index (κ1) is 14.8. The van der Waals surface area contributed by atoms with E-state index in [1.165, 1.54) is 0 Å². The molecule has 3 heterocycles. The van der Waals surface area contributed by atoms with Crippen molar-refractivity contribution in [2.75, 3.05) is 37.0 Å². The Morgan fingerprint density at radius 1 is 1.39 bits per heavy atom. The van der Waals surface area contributed by atoms with Gasteiger partial charge in [0.15, 0.2) is 5.13 Å². The van der Waals surface area contributed by atoms with E-state index in [4.69, 9.17) is 9.47 Å². The lowest BCUT2D eigenvalue weighted by molar-refractivity contribution is 0.0229. The smallest absolute Gasteiger partial charge is 0.185 e. The topological polar surface area (TPSA) is 46.6 Å². The van der Waals surface area contributed by atoms with E-state index in [0.29, 0.717) is 6.04 Å². The second kappa shape index (κ2) is 6.02. The normalized spacial score (nSPS) is 26.8. The summed E-state index contributed by atoms with van der Waals surface area (Å²) in [5.74, 6) is 0.879. The first-order chi connectivity index (χ1) is 11.3. The maximum absolute atomic E-state index is 6.21. The Morgan fingerprint density at radius 2 is 2.26 bits per heavy atom. The first-order valence-electron chi connectivity index (χ1n) is 7.95. The van der Waals surface area contributed by atoms with Crippen LogP contribution in [0.5, 0.6) is 5.75 Å². The van der Waals surface area contributed by atoms with E-state index in [2.05, 4.69) is 27.3 Å². The third kappa shape index (κ3) is 3.01. The van der Waals surface area contributed by atoms with Gasteiger partial charge in [-0.05, 0) is 30.7 Å². The average molecular weight is 331 g/mol. The van der Waals surface area contributed by atoms with Crippen molar-refractivity contribution in [3.8, 4) is 5.75 Å². The number of hydrogen-bond acceptors (Lipinski definition) is 6. The summed E-state index contributed by atoms with van der Waals surface area (Å²) in [6.07, 6.45) is 3.99. The van der Waals surface area contributed by atoms with Gasteiger partial charge in [0.2, 0.25) is 0 Å². The molecule has 4 rings (SSSR count). The van der Waals surface area contributed by atoms with E-state index in [-0.39, 0.29) is 5.60 Å². The molecule has 122 valence electrons. The van der Waals surface area contributed by atoms with Crippen LogP contribution in [-0.4, -0.2) is 43.4 Å². The Balaban J connectivity index is 1.37. The molecular weight excluding hydrogens is 310 g/mol. The zero-order valence-electron chi connectivity index (χ0n) is 13.2. The zero-order valence-corrected chi connectivity index (χ0v) is 14.0. The molecule has 2 atom stereocenters. The Kier molecular flexibility index (Phi) is 3.87. The van der Waals surface area contributed by atoms with Crippen molar-refractivity contribution in [2.45, 2.75) is 24.5 Å². The highest BCUT2D eigenvalue weighted by molar-refractivity contribution is 7.13. The van der Waals surface area contributed by atoms with Crippen LogP contribution in [-0.2, 0) is 4.74 Å². The molecule has 1 aromatic heterocycles. The summed E-state index contributed by atoms with van der Waals surface area (Å²) in [5.41, 5.74) is 1.10. The van der Waals surface area contributed by atoms with Gasteiger partial charge in [0, 0.05) is 36.8 Å². The fourth-order valence-corrected chi connectivity index (χ4v) is 4.19. The number of aromatic nitrogens is 1. The fraction of sp³-hybridized carbons (Fsp3) is 0.471. The molecule has 0 aliphatic carbocycles. The van der Waals surface area contributed by atoms with Crippen molar-refractivity contribution in [1.82, 2.24) is 4.98 Å². The van der Waals surface area contributed by atoms with Gasteiger partial charge >= 0.3 is 0 Å². The summed E-state index contributed by atoms with van der Waals surface area (Å²) >= 11 is 1.70. The van der Waals surface area contributed by atoms with Gasteiger partial charge in [0.25, 0.3) is 0 Å². The molecule has 2 aliphatic heterocycles. The second-order valence-corrected chi connectivity index (χ2v) is 7.13. The van der Waals surface area contributed by atoms with E-state index >= 15 is 0 Å². The molecule has 0 saturated carbocycles. The van der Waals surface area contributed by atoms with Crippen molar-refractivity contribution >= 4 is 22.2 Å². The molecule has 2 aromatic rings. The van der Waals surface area contributed by atoms with Crippen LogP contribution in [0.25, 0.3) is 0 Å². The number of nitrogens with one attached hydrogen (secondary N) is 1. The van der Waals surface area contributed by atoms with Gasteiger partial charge < -0.3 is 19.7 Å². The lowest BCUT2D eigenvalue weighted by Gasteiger charge is -2.23. The third-order valence-corrected chi connectivity index (χ3v) is 5.51. The molecule has 1 N–H and O–H groups in total. The number of nitrogens with zero attached hydrogens (tertiary/aromatic N) is 2. The van der Waals surface area contributed by atoms with Crippen molar-refractivity contribution in [3.05, 3.63) is 35.8 Å². The summed E-state index contributed by atoms with van der Waals surface area (Å²) < 4.78 is 11.4. The molecule has 23 heavy (non-hydrogen) atoms. The summed E-state index contributed by atoms with van der Waals surface area (Å²) in [7, 11) is 1.69. The molecule has 2 aliphatic rings. The molecule has 2 saturated heterocycles. The number of rotatable bonds is 4. The Morgan fingerprint density at radius 3 is 3.00 bits per heavy atom. The number of thiazole rings is 1. The monoisotopic (exact) mass is 331 g/mol. The van der Waals surface area contributed by atoms with Crippen LogP contribution in [0, 0.1) is 0 Å². The summed E-state index contributed by atoms with van der Waals surface area (Å²) in [6, 6.07) is 8.43. The second-order valence-electron chi connectivity index (χ2n) is 6.25. The summed E-state index contributed by atoms with van der Waals surface area (Å²) in [5, 5.41) is 6.72. The summed E-state index contributed by atoms with van der Waals surface area (Å²) in [6.45, 7) is 2.74. The molecule has 2 fully saturated rings. The average Bonchev–Trinajstić information content (AvgIpc) is 3.31. The van der Waals surface area contributed by atoms with Crippen molar-refractivity contribution in [3.63, 3.8) is 0 Å². The zero-order chi connectivity index (χ0) is 15.7. The van der Waals surface area contributed by atoms with Gasteiger partial charge in [-0.2, -0.15) is 0 Å². The van der Waals surface area contributed by atoms with Gasteiger partial charge in [-0.3, -0.25) is 0 Å². The highest BCUT2D eigenvalue weighted by atomic mass is 32.1. The minimum absolute atomic E-state index is 0.0180. The number of hydrogen-bond donors (Lipinski definition) is 1. The van der Waals surface area contributed by atoms with Gasteiger partial charge in [0.1, 0.15) is 5.75 Å². The lowest BCUT2D eigenvalue weighted by Crippen LogP contribution is -2.33. The number of anilines is 2. The standard InChI is InChI=1S/C17H21N3O2S/c1-21-15-4-2-13(3-5-15)19-14-10-17(22-11-14)6-8-20(12-17)16-18-7-9-23-16/h2-5,7,9,14,19H,6,8,10-12H2,1H3/t14-,17-/m0/s1. The van der Waals surface area contributed by atoms with E-state index in [9.17, 15) is 0 Å². The molecule has 1 spiro atoms. The van der Waals surface area contributed by atoms with Crippen molar-refractivity contribution in [2.24, 2.45) is 0 Å². The van der Waals surface area contributed by atoms with Crippen LogP contribution >= 0.6 is 11.3 Å². The number of ether oxygens (including phenoxy) is 2. The molecule has 1 aromatic carbocycles. The molecule has 0 amide bonds. The van der Waals surface area contributed by atoms with E-state index in [0.717, 1.165) is 49.1 Å². The van der Waals surface area contributed by atoms with E-state index in [1.54, 1.807) is 18.4 Å². The van der Waals surface area contributed by atoms with Crippen LogP contribution < -0.4 is 15.0 Å². The highest BCUT2D eigenvalue weighted by Gasteiger charge is 2.46. The van der Waals surface area contributed by atoms with Gasteiger partial charge in [-0.1, -0.05) is 0 Å². The lowest BCUT2D eigenvalue weighted by atomic mass is 9.97. The maximum Gasteiger partial charge on any atom is 0.185 e. The predicted octanol–water partition coefficient (Wildman–Crippen LogP) is 3.00. The van der Waals surface area contributed by atoms with Crippen molar-refractivity contribution in [1.29, 1.82) is 0 Å². The fourth-order valence-electron chi connectivity index (χ4n) is 3.52. The third-order valence-electron chi connectivity index (χ3n) is 4.68. The molecule has 0 unspecified atom stereocenters. The van der Waals surface area contributed by atoms with E-state index < -0.39 is 0 Å². The maximum atomic E-state index is 6.21. The number of benzene rings is 1. The van der Waals surface area contributed by atoms with Crippen LogP contribution in [0.2, 0.25) is 0 Å². The minimum Gasteiger partial charge on any atom is -0.497 e. The Labute approximate surface area is 140 Å². The first-order valence-corrected chi connectivity index (χ1v) is 8.83. The van der Waals surface area contributed by atoms with Gasteiger partial charge in [0.05, 0.1) is 25.4 Å². The van der Waals surface area contributed by atoms with Gasteiger partial charge in [-0.15, -0.1) is 11.3 Å². The minimum atomic E-state index is -0.0180. The van der Waals surface area contributed by atoms with Crippen molar-refractivity contribution < 1.29 is 9.47 Å². The molecule has 6 heteroatoms. The SMILES string of the molecule is COc1ccc(N[C@@H]2CO[C@@]3(CCN(c4nccs4)C3)C2)cc1. The molecule has 5 nitrogen and oxygen atoms in total. The van der Waals surface area contributed by atoms with Crippen LogP contribution in [0.1, 0.15) is 12.8 Å². The summed E-state index contributed by atoms with van der Waals surface area (Å²) in [4.78, 5) is 6.76. The Hall–Kier alpha value is -1.79. The van der Waals surface area contributed by atoms with Crippen LogP contribution in [0.4, 0.5) is 10.8 Å².